The van der Waals surface area contributed by atoms with Crippen LogP contribution in [0.15, 0.2) is 54.7 Å². The van der Waals surface area contributed by atoms with Gasteiger partial charge in [0.15, 0.2) is 0 Å². The third kappa shape index (κ3) is 2.20. The van der Waals surface area contributed by atoms with Crippen LogP contribution in [-0.4, -0.2) is 15.8 Å². The lowest BCUT2D eigenvalue weighted by atomic mass is 10.2. The van der Waals surface area contributed by atoms with Gasteiger partial charge in [0.05, 0.1) is 11.7 Å². The van der Waals surface area contributed by atoms with Crippen LogP contribution in [-0.2, 0) is 0 Å². The number of nitrogens with one attached hydrogen (secondary N) is 1. The molecule has 94 valence electrons. The molecule has 2 aromatic carbocycles. The van der Waals surface area contributed by atoms with Crippen molar-refractivity contribution in [2.45, 2.75) is 6.92 Å². The van der Waals surface area contributed by atoms with Crippen molar-refractivity contribution in [3.8, 4) is 0 Å². The molecule has 0 unspecified atom stereocenters. The Bertz CT molecular complexity index is 731. The number of hydrogen-bond donors (Lipinski definition) is 1. The number of anilines is 1. The van der Waals surface area contributed by atoms with E-state index in [0.29, 0.717) is 0 Å². The van der Waals surface area contributed by atoms with Gasteiger partial charge >= 0.3 is 6.03 Å². The number of carbonyl (C=O) groups is 1. The number of benzene rings is 2. The van der Waals surface area contributed by atoms with Gasteiger partial charge in [-0.1, -0.05) is 29.8 Å². The van der Waals surface area contributed by atoms with Gasteiger partial charge in [0.1, 0.15) is 0 Å². The van der Waals surface area contributed by atoms with Crippen molar-refractivity contribution in [3.05, 3.63) is 60.3 Å². The minimum absolute atomic E-state index is 0.259. The largest absolute Gasteiger partial charge is 0.347 e. The Morgan fingerprint density at radius 1 is 1.16 bits per heavy atom. The average Bonchev–Trinajstić information content (AvgIpc) is 2.82. The van der Waals surface area contributed by atoms with Crippen LogP contribution in [0.4, 0.5) is 10.5 Å². The summed E-state index contributed by atoms with van der Waals surface area (Å²) in [7, 11) is 0. The van der Waals surface area contributed by atoms with Crippen LogP contribution in [0, 0.1) is 6.92 Å². The summed E-state index contributed by atoms with van der Waals surface area (Å²) in [5, 5.41) is 7.91. The summed E-state index contributed by atoms with van der Waals surface area (Å²) in [5.74, 6) is 0. The SMILES string of the molecule is Cc1ccc2c(cnn2C(=O)Nc2ccccc2)c1. The Morgan fingerprint density at radius 2 is 1.95 bits per heavy atom. The van der Waals surface area contributed by atoms with Gasteiger partial charge in [-0.15, -0.1) is 0 Å². The van der Waals surface area contributed by atoms with Crippen LogP contribution in [0.3, 0.4) is 0 Å². The van der Waals surface area contributed by atoms with Crippen molar-refractivity contribution in [1.82, 2.24) is 9.78 Å². The summed E-state index contributed by atoms with van der Waals surface area (Å²) >= 11 is 0. The lowest BCUT2D eigenvalue weighted by Gasteiger charge is -2.05. The lowest BCUT2D eigenvalue weighted by Crippen LogP contribution is -2.20. The fourth-order valence-electron chi connectivity index (χ4n) is 2.01. The van der Waals surface area contributed by atoms with Gasteiger partial charge in [-0.25, -0.2) is 4.79 Å². The van der Waals surface area contributed by atoms with Crippen molar-refractivity contribution >= 4 is 22.6 Å². The van der Waals surface area contributed by atoms with E-state index < -0.39 is 0 Å². The molecule has 3 aromatic rings. The van der Waals surface area contributed by atoms with Crippen LogP contribution >= 0.6 is 0 Å². The van der Waals surface area contributed by atoms with Crippen LogP contribution < -0.4 is 5.32 Å². The Hall–Kier alpha value is -2.62. The molecule has 4 nitrogen and oxygen atoms in total. The van der Waals surface area contributed by atoms with E-state index >= 15 is 0 Å². The molecule has 0 fully saturated rings. The van der Waals surface area contributed by atoms with Crippen molar-refractivity contribution in [3.63, 3.8) is 0 Å². The van der Waals surface area contributed by atoms with Crippen LogP contribution in [0.5, 0.6) is 0 Å². The summed E-state index contributed by atoms with van der Waals surface area (Å²) in [6.45, 7) is 2.01. The molecular weight excluding hydrogens is 238 g/mol. The van der Waals surface area contributed by atoms with Crippen LogP contribution in [0.25, 0.3) is 10.9 Å². The first-order valence-electron chi connectivity index (χ1n) is 6.05. The van der Waals surface area contributed by atoms with E-state index in [4.69, 9.17) is 0 Å². The summed E-state index contributed by atoms with van der Waals surface area (Å²) in [6, 6.07) is 15.0. The second-order valence-corrected chi connectivity index (χ2v) is 4.41. The maximum absolute atomic E-state index is 12.2. The summed E-state index contributed by atoms with van der Waals surface area (Å²) in [6.07, 6.45) is 1.70. The third-order valence-corrected chi connectivity index (χ3v) is 2.94. The predicted molar refractivity (Wildman–Crippen MR) is 75.3 cm³/mol. The Labute approximate surface area is 110 Å². The number of aromatic nitrogens is 2. The Balaban J connectivity index is 1.94. The van der Waals surface area contributed by atoms with E-state index in [-0.39, 0.29) is 6.03 Å². The number of amides is 1. The molecule has 0 bridgehead atoms. The molecule has 0 aliphatic carbocycles. The number of fused-ring (bicyclic) bond motifs is 1. The highest BCUT2D eigenvalue weighted by Crippen LogP contribution is 2.16. The number of para-hydroxylation sites is 1. The first-order valence-corrected chi connectivity index (χ1v) is 6.05. The van der Waals surface area contributed by atoms with Crippen molar-refractivity contribution in [2.24, 2.45) is 0 Å². The maximum atomic E-state index is 12.2. The van der Waals surface area contributed by atoms with E-state index in [1.165, 1.54) is 4.68 Å². The van der Waals surface area contributed by atoms with E-state index in [1.54, 1.807) is 6.20 Å². The van der Waals surface area contributed by atoms with Crippen molar-refractivity contribution in [2.75, 3.05) is 5.32 Å². The molecule has 0 atom stereocenters. The van der Waals surface area contributed by atoms with Gasteiger partial charge in [0.2, 0.25) is 0 Å². The van der Waals surface area contributed by atoms with E-state index in [9.17, 15) is 4.79 Å². The normalized spacial score (nSPS) is 10.6. The van der Waals surface area contributed by atoms with Gasteiger partial charge in [-0.05, 0) is 31.2 Å². The molecule has 1 heterocycles. The highest BCUT2D eigenvalue weighted by atomic mass is 16.2. The van der Waals surface area contributed by atoms with Gasteiger partial charge in [0, 0.05) is 11.1 Å². The molecule has 4 heteroatoms. The summed E-state index contributed by atoms with van der Waals surface area (Å²) in [5.41, 5.74) is 2.71. The zero-order valence-electron chi connectivity index (χ0n) is 10.5. The molecule has 0 spiro atoms. The molecule has 0 aliphatic heterocycles. The number of hydrogen-bond acceptors (Lipinski definition) is 2. The molecule has 1 amide bonds. The summed E-state index contributed by atoms with van der Waals surface area (Å²) < 4.78 is 1.38. The van der Waals surface area contributed by atoms with Gasteiger partial charge in [0.25, 0.3) is 0 Å². The first kappa shape index (κ1) is 11.5. The number of nitrogens with zero attached hydrogens (tertiary/aromatic N) is 2. The fourth-order valence-corrected chi connectivity index (χ4v) is 2.01. The molecule has 1 N–H and O–H groups in total. The third-order valence-electron chi connectivity index (χ3n) is 2.94. The topological polar surface area (TPSA) is 46.9 Å². The maximum Gasteiger partial charge on any atom is 0.347 e. The molecule has 0 aliphatic rings. The Morgan fingerprint density at radius 3 is 2.74 bits per heavy atom. The van der Waals surface area contributed by atoms with E-state index in [2.05, 4.69) is 10.4 Å². The lowest BCUT2D eigenvalue weighted by molar-refractivity contribution is 0.252. The zero-order chi connectivity index (χ0) is 13.2. The number of carbonyl (C=O) groups excluding carboxylic acids is 1. The second-order valence-electron chi connectivity index (χ2n) is 4.41. The minimum Gasteiger partial charge on any atom is -0.306 e. The molecule has 0 radical (unpaired) electrons. The highest BCUT2D eigenvalue weighted by Gasteiger charge is 2.10. The number of aryl methyl sites for hydroxylation is 1. The Kier molecular flexibility index (Phi) is 2.76. The standard InChI is InChI=1S/C15H13N3O/c1-11-7-8-14-12(9-11)10-16-18(14)15(19)17-13-5-3-2-4-6-13/h2-10H,1H3,(H,17,19). The second kappa shape index (κ2) is 4.57. The van der Waals surface area contributed by atoms with Crippen molar-refractivity contribution in [1.29, 1.82) is 0 Å². The van der Waals surface area contributed by atoms with Gasteiger partial charge < -0.3 is 5.32 Å². The van der Waals surface area contributed by atoms with Crippen LogP contribution in [0.2, 0.25) is 0 Å². The van der Waals surface area contributed by atoms with Gasteiger partial charge in [-0.2, -0.15) is 9.78 Å². The predicted octanol–water partition coefficient (Wildman–Crippen LogP) is 3.42. The number of rotatable bonds is 1. The highest BCUT2D eigenvalue weighted by molar-refractivity contribution is 5.97. The first-order chi connectivity index (χ1) is 9.24. The van der Waals surface area contributed by atoms with Crippen LogP contribution in [0.1, 0.15) is 5.56 Å². The molecule has 19 heavy (non-hydrogen) atoms. The minimum atomic E-state index is -0.259. The van der Waals surface area contributed by atoms with Gasteiger partial charge in [-0.3, -0.25) is 0 Å². The summed E-state index contributed by atoms with van der Waals surface area (Å²) in [4.78, 5) is 12.2. The zero-order valence-corrected chi connectivity index (χ0v) is 10.5. The smallest absolute Gasteiger partial charge is 0.306 e. The molecule has 3 rings (SSSR count). The average molecular weight is 251 g/mol. The fraction of sp³-hybridized carbons (Fsp3) is 0.0667. The quantitative estimate of drug-likeness (QED) is 0.720. The van der Waals surface area contributed by atoms with E-state index in [1.807, 2.05) is 55.5 Å². The molecular formula is C15H13N3O. The van der Waals surface area contributed by atoms with E-state index in [0.717, 1.165) is 22.2 Å². The monoisotopic (exact) mass is 251 g/mol. The molecule has 1 aromatic heterocycles. The molecule has 0 saturated carbocycles. The molecule has 0 saturated heterocycles. The van der Waals surface area contributed by atoms with Crippen molar-refractivity contribution < 1.29 is 4.79 Å².